The van der Waals surface area contributed by atoms with Crippen LogP contribution < -0.4 is 9.47 Å². The molecule has 0 aromatic heterocycles. The summed E-state index contributed by atoms with van der Waals surface area (Å²) in [6, 6.07) is 9.05. The van der Waals surface area contributed by atoms with Crippen molar-refractivity contribution in [2.75, 3.05) is 26.3 Å². The van der Waals surface area contributed by atoms with Crippen molar-refractivity contribution in [1.29, 1.82) is 0 Å². The van der Waals surface area contributed by atoms with Gasteiger partial charge in [-0.25, -0.2) is 9.59 Å². The minimum atomic E-state index is -8.09. The Labute approximate surface area is 274 Å². The van der Waals surface area contributed by atoms with E-state index in [-0.39, 0.29) is 24.5 Å². The fraction of sp³-hybridized carbons (Fsp3) is 0.533. The highest BCUT2D eigenvalue weighted by molar-refractivity contribution is 5.72. The summed E-state index contributed by atoms with van der Waals surface area (Å²) in [6.07, 6.45) is -9.02. The van der Waals surface area contributed by atoms with Crippen LogP contribution in [-0.4, -0.2) is 90.3 Å². The molecule has 0 spiro atoms. The van der Waals surface area contributed by atoms with Crippen molar-refractivity contribution < 1.29 is 86.0 Å². The fourth-order valence-corrected chi connectivity index (χ4v) is 4.78. The molecule has 2 aromatic carbocycles. The molecule has 0 bridgehead atoms. The number of carbonyl (C=O) groups excluding carboxylic acids is 1. The molecular weight excluding hydrogens is 717 g/mol. The van der Waals surface area contributed by atoms with Gasteiger partial charge in [0.25, 0.3) is 0 Å². The van der Waals surface area contributed by atoms with Gasteiger partial charge in [-0.15, -0.1) is 0 Å². The van der Waals surface area contributed by atoms with Crippen LogP contribution in [0.15, 0.2) is 42.5 Å². The number of alkyl halides is 13. The Morgan fingerprint density at radius 3 is 1.90 bits per heavy atom. The van der Waals surface area contributed by atoms with E-state index in [0.717, 1.165) is 5.56 Å². The lowest BCUT2D eigenvalue weighted by Gasteiger charge is -2.40. The van der Waals surface area contributed by atoms with Crippen molar-refractivity contribution in [3.8, 4) is 11.5 Å². The summed E-state index contributed by atoms with van der Waals surface area (Å²) in [5.74, 6) is -39.9. The highest BCUT2D eigenvalue weighted by atomic mass is 19.4. The van der Waals surface area contributed by atoms with Crippen LogP contribution in [0.3, 0.4) is 0 Å². The van der Waals surface area contributed by atoms with Gasteiger partial charge in [0.2, 0.25) is 0 Å². The summed E-state index contributed by atoms with van der Waals surface area (Å²) in [7, 11) is 0. The Kier molecular flexibility index (Phi) is 11.9. The van der Waals surface area contributed by atoms with Crippen molar-refractivity contribution in [1.82, 2.24) is 4.90 Å². The molecule has 3 rings (SSSR count). The third-order valence-corrected chi connectivity index (χ3v) is 7.54. The summed E-state index contributed by atoms with van der Waals surface area (Å²) in [5.41, 5.74) is 1.88. The molecule has 1 aliphatic rings. The van der Waals surface area contributed by atoms with E-state index < -0.39 is 78.6 Å². The molecule has 50 heavy (non-hydrogen) atoms. The summed E-state index contributed by atoms with van der Waals surface area (Å²) >= 11 is 0. The quantitative estimate of drug-likeness (QED) is 0.177. The predicted molar refractivity (Wildman–Crippen MR) is 146 cm³/mol. The van der Waals surface area contributed by atoms with Crippen molar-refractivity contribution in [2.45, 2.75) is 74.5 Å². The highest BCUT2D eigenvalue weighted by Gasteiger charge is 2.90. The number of rotatable bonds is 16. The van der Waals surface area contributed by atoms with E-state index in [1.807, 2.05) is 0 Å². The molecule has 280 valence electrons. The van der Waals surface area contributed by atoms with Crippen LogP contribution >= 0.6 is 0 Å². The first-order valence-corrected chi connectivity index (χ1v) is 14.5. The third-order valence-electron chi connectivity index (χ3n) is 7.54. The third kappa shape index (κ3) is 8.15. The second-order valence-electron chi connectivity index (χ2n) is 11.1. The number of carboxylic acids is 1. The van der Waals surface area contributed by atoms with Gasteiger partial charge >= 0.3 is 47.9 Å². The zero-order chi connectivity index (χ0) is 37.9. The number of hydrogen-bond acceptors (Lipinski definition) is 5. The molecule has 1 atom stereocenters. The molecule has 0 fully saturated rings. The van der Waals surface area contributed by atoms with E-state index in [1.54, 1.807) is 6.92 Å². The topological polar surface area (TPSA) is 85.3 Å². The van der Waals surface area contributed by atoms with Gasteiger partial charge in [0.05, 0.1) is 13.1 Å². The maximum absolute atomic E-state index is 14.8. The number of ether oxygens (including phenoxy) is 3. The normalized spacial score (nSPS) is 15.0. The van der Waals surface area contributed by atoms with E-state index >= 15 is 0 Å². The van der Waals surface area contributed by atoms with Crippen molar-refractivity contribution in [3.63, 3.8) is 0 Å². The van der Waals surface area contributed by atoms with Crippen LogP contribution in [0.25, 0.3) is 0 Å². The maximum Gasteiger partial charge on any atom is 0.460 e. The maximum atomic E-state index is 14.8. The Balaban J connectivity index is 1.85. The lowest BCUT2D eigenvalue weighted by molar-refractivity contribution is -0.440. The number of carbonyl (C=O) groups is 2. The average Bonchev–Trinajstić information content (AvgIpc) is 3.48. The van der Waals surface area contributed by atoms with Gasteiger partial charge in [-0.1, -0.05) is 18.2 Å². The lowest BCUT2D eigenvalue weighted by atomic mass is 9.93. The van der Waals surface area contributed by atoms with Gasteiger partial charge in [0, 0.05) is 13.0 Å². The molecule has 1 amide bonds. The van der Waals surface area contributed by atoms with Gasteiger partial charge < -0.3 is 19.3 Å². The first kappa shape index (κ1) is 40.5. The Morgan fingerprint density at radius 1 is 0.780 bits per heavy atom. The second-order valence-corrected chi connectivity index (χ2v) is 11.1. The number of fused-ring (bicyclic) bond motifs is 1. The number of hydrogen-bond donors (Lipinski definition) is 1. The molecule has 20 heteroatoms. The standard InChI is InChI=1S/C30H28F13NO6/c1-2-48-22(23(45)46)14-17-6-9-20(10-7-17)49-13-12-44(24(47)50-21-11-8-18-4-3-5-19(18)15-21)16-25(31,32)26(33,34)27(35,36)28(37,38)29(39,40)30(41,42)43/h6-11,15,22H,2-5,12-14,16H2,1H3,(H,45,46). The molecule has 0 heterocycles. The number of aliphatic carboxylic acids is 1. The molecule has 2 aromatic rings. The molecule has 1 N–H and O–H groups in total. The number of nitrogens with zero attached hydrogens (tertiary/aromatic N) is 1. The summed E-state index contributed by atoms with van der Waals surface area (Å²) in [5, 5.41) is 9.20. The van der Waals surface area contributed by atoms with Crippen molar-refractivity contribution >= 4 is 12.1 Å². The van der Waals surface area contributed by atoms with Gasteiger partial charge in [0.1, 0.15) is 18.1 Å². The van der Waals surface area contributed by atoms with Gasteiger partial charge in [-0.2, -0.15) is 57.1 Å². The minimum absolute atomic E-state index is 0.0780. The number of benzene rings is 2. The first-order chi connectivity index (χ1) is 22.9. The predicted octanol–water partition coefficient (Wildman–Crippen LogP) is 7.83. The van der Waals surface area contributed by atoms with E-state index in [0.29, 0.717) is 30.4 Å². The molecule has 7 nitrogen and oxygen atoms in total. The van der Waals surface area contributed by atoms with Crippen LogP contribution in [-0.2, 0) is 28.8 Å². The zero-order valence-corrected chi connectivity index (χ0v) is 25.6. The molecule has 0 aliphatic heterocycles. The van der Waals surface area contributed by atoms with E-state index in [4.69, 9.17) is 14.2 Å². The summed E-state index contributed by atoms with van der Waals surface area (Å²) in [6.45, 7) is -3.45. The summed E-state index contributed by atoms with van der Waals surface area (Å²) in [4.78, 5) is 23.7. The first-order valence-electron chi connectivity index (χ1n) is 14.5. The van der Waals surface area contributed by atoms with E-state index in [2.05, 4.69) is 0 Å². The largest absolute Gasteiger partial charge is 0.492 e. The van der Waals surface area contributed by atoms with Crippen LogP contribution in [0.5, 0.6) is 11.5 Å². The van der Waals surface area contributed by atoms with Crippen LogP contribution in [0, 0.1) is 0 Å². The molecule has 1 unspecified atom stereocenters. The minimum Gasteiger partial charge on any atom is -0.492 e. The van der Waals surface area contributed by atoms with Crippen molar-refractivity contribution in [2.24, 2.45) is 0 Å². The molecule has 0 radical (unpaired) electrons. The van der Waals surface area contributed by atoms with Gasteiger partial charge in [-0.05, 0) is 67.1 Å². The highest BCUT2D eigenvalue weighted by Crippen LogP contribution is 2.60. The Morgan fingerprint density at radius 2 is 1.34 bits per heavy atom. The fourth-order valence-electron chi connectivity index (χ4n) is 4.78. The lowest BCUT2D eigenvalue weighted by Crippen LogP contribution is -2.71. The van der Waals surface area contributed by atoms with Gasteiger partial charge in [0.15, 0.2) is 6.10 Å². The number of halogens is 13. The summed E-state index contributed by atoms with van der Waals surface area (Å²) < 4.78 is 194. The van der Waals surface area contributed by atoms with Crippen LogP contribution in [0.4, 0.5) is 61.9 Å². The van der Waals surface area contributed by atoms with Crippen molar-refractivity contribution in [3.05, 3.63) is 59.2 Å². The zero-order valence-electron chi connectivity index (χ0n) is 25.6. The SMILES string of the molecule is CCOC(Cc1ccc(OCCN(CC(F)(F)C(F)(F)C(F)(F)C(F)(F)C(F)(F)C(F)(F)F)C(=O)Oc2ccc3c(c2)CCC3)cc1)C(=O)O. The van der Waals surface area contributed by atoms with Crippen LogP contribution in [0.1, 0.15) is 30.0 Å². The molecule has 0 saturated heterocycles. The number of aryl methyl sites for hydroxylation is 2. The molecular formula is C30H28F13NO6. The van der Waals surface area contributed by atoms with Crippen LogP contribution in [0.2, 0.25) is 0 Å². The van der Waals surface area contributed by atoms with E-state index in [1.165, 1.54) is 42.5 Å². The second kappa shape index (κ2) is 14.7. The number of amides is 1. The van der Waals surface area contributed by atoms with E-state index in [9.17, 15) is 71.8 Å². The number of carboxylic acid groups (broad SMARTS) is 1. The molecule has 0 saturated carbocycles. The Bertz CT molecular complexity index is 1500. The monoisotopic (exact) mass is 745 g/mol. The smallest absolute Gasteiger partial charge is 0.460 e. The van der Waals surface area contributed by atoms with Gasteiger partial charge in [-0.3, -0.25) is 4.90 Å². The Hall–Kier alpha value is -3.97. The molecule has 1 aliphatic carbocycles. The average molecular weight is 746 g/mol.